The summed E-state index contributed by atoms with van der Waals surface area (Å²) in [6.07, 6.45) is -2.08. The van der Waals surface area contributed by atoms with Crippen molar-refractivity contribution >= 4 is 46.2 Å². The van der Waals surface area contributed by atoms with Crippen LogP contribution in [0, 0.1) is 0 Å². The Morgan fingerprint density at radius 2 is 1.58 bits per heavy atom. The molecular weight excluding hydrogens is 532 g/mol. The second-order valence-corrected chi connectivity index (χ2v) is 9.78. The summed E-state index contributed by atoms with van der Waals surface area (Å²) in [6, 6.07) is 14.6. The number of alkyl halides is 3. The minimum Gasteiger partial charge on any atom is -0.285 e. The first kappa shape index (κ1) is 24.8. The Kier molecular flexibility index (Phi) is 6.57. The van der Waals surface area contributed by atoms with E-state index in [1.807, 2.05) is 34.9 Å². The molecule has 0 saturated carbocycles. The number of allylic oxidation sites excluding steroid dienone is 2. The lowest BCUT2D eigenvalue weighted by Crippen LogP contribution is -2.25. The fourth-order valence-corrected chi connectivity index (χ4v) is 4.93. The molecule has 1 aliphatic heterocycles. The van der Waals surface area contributed by atoms with Crippen molar-refractivity contribution < 1.29 is 13.2 Å². The second kappa shape index (κ2) is 9.54. The molecule has 36 heavy (non-hydrogen) atoms. The first-order valence-electron chi connectivity index (χ1n) is 11.0. The van der Waals surface area contributed by atoms with Crippen LogP contribution in [-0.2, 0) is 6.42 Å². The van der Waals surface area contributed by atoms with Gasteiger partial charge in [-0.25, -0.2) is 0 Å². The summed E-state index contributed by atoms with van der Waals surface area (Å²) in [4.78, 5) is 3.81. The molecule has 4 nitrogen and oxygen atoms in total. The van der Waals surface area contributed by atoms with E-state index >= 15 is 0 Å². The first-order valence-corrected chi connectivity index (χ1v) is 12.2. The van der Waals surface area contributed by atoms with Crippen LogP contribution in [0.15, 0.2) is 71.0 Å². The summed E-state index contributed by atoms with van der Waals surface area (Å²) in [7, 11) is 0. The van der Waals surface area contributed by atoms with E-state index in [1.165, 1.54) is 0 Å². The van der Waals surface area contributed by atoms with Gasteiger partial charge in [0.15, 0.2) is 5.65 Å². The largest absolute Gasteiger partial charge is 0.429 e. The van der Waals surface area contributed by atoms with E-state index in [-0.39, 0.29) is 12.8 Å². The number of aromatic nitrogens is 3. The minimum absolute atomic E-state index is 0.154. The number of rotatable bonds is 4. The third-order valence-corrected chi connectivity index (χ3v) is 6.97. The fourth-order valence-electron chi connectivity index (χ4n) is 4.29. The maximum Gasteiger partial charge on any atom is 0.429 e. The molecule has 5 rings (SSSR count). The number of pyridine rings is 1. The standard InChI is InChI=1S/C26H18Cl3F3N4/c1-14-16(4-9-23(33-14)26(30,31)32)10-24-34-35-25-12-20(15-2-5-17(27)6-3-15)21(13-36(24)25)19-8-7-18(28)11-22(19)29/h2-3,5-8,11-13H,4,9-10H2,1H3. The number of halogens is 6. The van der Waals surface area contributed by atoms with E-state index in [0.29, 0.717) is 38.7 Å². The highest BCUT2D eigenvalue weighted by Gasteiger charge is 2.36. The van der Waals surface area contributed by atoms with Crippen LogP contribution in [-0.4, -0.2) is 26.5 Å². The van der Waals surface area contributed by atoms with Gasteiger partial charge in [-0.1, -0.05) is 53.0 Å². The lowest BCUT2D eigenvalue weighted by atomic mass is 9.96. The molecule has 0 N–H and O–H groups in total. The summed E-state index contributed by atoms with van der Waals surface area (Å²) in [5.74, 6) is 0.596. The Labute approximate surface area is 220 Å². The Morgan fingerprint density at radius 3 is 2.25 bits per heavy atom. The summed E-state index contributed by atoms with van der Waals surface area (Å²) in [5.41, 5.74) is 4.37. The molecule has 184 valence electrons. The van der Waals surface area contributed by atoms with Crippen molar-refractivity contribution in [3.05, 3.63) is 86.9 Å². The van der Waals surface area contributed by atoms with Crippen LogP contribution in [0.3, 0.4) is 0 Å². The van der Waals surface area contributed by atoms with Gasteiger partial charge in [0.05, 0.1) is 0 Å². The maximum atomic E-state index is 13.1. The molecule has 0 radical (unpaired) electrons. The number of nitrogens with zero attached hydrogens (tertiary/aromatic N) is 4. The van der Waals surface area contributed by atoms with Gasteiger partial charge in [-0.15, -0.1) is 10.2 Å². The van der Waals surface area contributed by atoms with E-state index in [9.17, 15) is 13.2 Å². The van der Waals surface area contributed by atoms with Crippen molar-refractivity contribution in [3.8, 4) is 22.3 Å². The lowest BCUT2D eigenvalue weighted by Gasteiger charge is -2.19. The number of hydrogen-bond donors (Lipinski definition) is 0. The number of hydrogen-bond acceptors (Lipinski definition) is 3. The average Bonchev–Trinajstić information content (AvgIpc) is 3.21. The van der Waals surface area contributed by atoms with Crippen molar-refractivity contribution in [2.75, 3.05) is 0 Å². The monoisotopic (exact) mass is 548 g/mol. The molecule has 0 amide bonds. The van der Waals surface area contributed by atoms with Crippen LogP contribution in [0.1, 0.15) is 25.6 Å². The van der Waals surface area contributed by atoms with Crippen LogP contribution < -0.4 is 0 Å². The quantitative estimate of drug-likeness (QED) is 0.256. The summed E-state index contributed by atoms with van der Waals surface area (Å²) >= 11 is 18.8. The normalized spacial score (nSPS) is 14.5. The van der Waals surface area contributed by atoms with Gasteiger partial charge in [0.1, 0.15) is 11.5 Å². The molecule has 2 aromatic heterocycles. The highest BCUT2D eigenvalue weighted by atomic mass is 35.5. The molecular formula is C26H18Cl3F3N4. The Bertz CT molecular complexity index is 1540. The minimum atomic E-state index is -4.42. The van der Waals surface area contributed by atoms with Gasteiger partial charge in [-0.05, 0) is 66.8 Å². The van der Waals surface area contributed by atoms with Crippen LogP contribution in [0.2, 0.25) is 15.1 Å². The van der Waals surface area contributed by atoms with Crippen molar-refractivity contribution in [3.63, 3.8) is 0 Å². The molecule has 0 atom stereocenters. The SMILES string of the molecule is CC1=C(Cc2nnc3cc(-c4ccc(Cl)cc4)c(-c4ccc(Cl)cc4Cl)cn23)CCC(C(F)(F)F)=N1. The van der Waals surface area contributed by atoms with Crippen LogP contribution in [0.25, 0.3) is 27.9 Å². The van der Waals surface area contributed by atoms with Crippen molar-refractivity contribution in [1.29, 1.82) is 0 Å². The third-order valence-electron chi connectivity index (χ3n) is 6.17. The van der Waals surface area contributed by atoms with Gasteiger partial charge in [0.2, 0.25) is 0 Å². The maximum absolute atomic E-state index is 13.1. The number of fused-ring (bicyclic) bond motifs is 1. The van der Waals surface area contributed by atoms with E-state index in [2.05, 4.69) is 15.2 Å². The first-order chi connectivity index (χ1) is 17.1. The van der Waals surface area contributed by atoms with Gasteiger partial charge in [-0.3, -0.25) is 9.39 Å². The highest BCUT2D eigenvalue weighted by molar-refractivity contribution is 6.36. The summed E-state index contributed by atoms with van der Waals surface area (Å²) < 4.78 is 41.1. The molecule has 0 unspecified atom stereocenters. The van der Waals surface area contributed by atoms with Gasteiger partial charge in [0, 0.05) is 44.5 Å². The molecule has 4 aromatic rings. The van der Waals surface area contributed by atoms with Crippen LogP contribution in [0.4, 0.5) is 13.2 Å². The van der Waals surface area contributed by atoms with E-state index < -0.39 is 11.9 Å². The van der Waals surface area contributed by atoms with Gasteiger partial charge in [-0.2, -0.15) is 13.2 Å². The number of benzene rings is 2. The summed E-state index contributed by atoms with van der Waals surface area (Å²) in [5, 5.41) is 10.3. The third kappa shape index (κ3) is 4.88. The average molecular weight is 550 g/mol. The van der Waals surface area contributed by atoms with Gasteiger partial charge >= 0.3 is 6.18 Å². The van der Waals surface area contributed by atoms with Crippen LogP contribution >= 0.6 is 34.8 Å². The molecule has 2 aromatic carbocycles. The van der Waals surface area contributed by atoms with Crippen molar-refractivity contribution in [2.24, 2.45) is 4.99 Å². The molecule has 0 aliphatic carbocycles. The van der Waals surface area contributed by atoms with E-state index in [4.69, 9.17) is 34.8 Å². The van der Waals surface area contributed by atoms with Crippen molar-refractivity contribution in [1.82, 2.24) is 14.6 Å². The molecule has 0 spiro atoms. The van der Waals surface area contributed by atoms with Gasteiger partial charge in [0.25, 0.3) is 0 Å². The zero-order chi connectivity index (χ0) is 25.6. The molecule has 3 heterocycles. The Balaban J connectivity index is 1.64. The zero-order valence-corrected chi connectivity index (χ0v) is 21.1. The van der Waals surface area contributed by atoms with E-state index in [0.717, 1.165) is 27.8 Å². The molecule has 10 heteroatoms. The summed E-state index contributed by atoms with van der Waals surface area (Å²) in [6.45, 7) is 1.60. The second-order valence-electron chi connectivity index (χ2n) is 8.50. The van der Waals surface area contributed by atoms with Crippen molar-refractivity contribution in [2.45, 2.75) is 32.4 Å². The Morgan fingerprint density at radius 1 is 0.861 bits per heavy atom. The fraction of sp³-hybridized carbons (Fsp3) is 0.192. The molecule has 0 bridgehead atoms. The van der Waals surface area contributed by atoms with E-state index in [1.54, 1.807) is 31.2 Å². The molecule has 0 fully saturated rings. The Hall–Kier alpha value is -2.87. The lowest BCUT2D eigenvalue weighted by molar-refractivity contribution is -0.0607. The topological polar surface area (TPSA) is 42.5 Å². The van der Waals surface area contributed by atoms with Crippen LogP contribution in [0.5, 0.6) is 0 Å². The molecule has 1 aliphatic rings. The number of aliphatic imine (C=N–C) groups is 1. The highest BCUT2D eigenvalue weighted by Crippen LogP contribution is 2.38. The predicted molar refractivity (Wildman–Crippen MR) is 138 cm³/mol. The molecule has 0 saturated heterocycles. The zero-order valence-electron chi connectivity index (χ0n) is 18.9. The van der Waals surface area contributed by atoms with Gasteiger partial charge < -0.3 is 0 Å². The predicted octanol–water partition coefficient (Wildman–Crippen LogP) is 8.64. The smallest absolute Gasteiger partial charge is 0.285 e.